The van der Waals surface area contributed by atoms with Crippen molar-refractivity contribution < 1.29 is 14.0 Å². The molecular weight excluding hydrogens is 407 g/mol. The molecule has 2 aliphatic rings. The second kappa shape index (κ2) is 9.96. The molecule has 172 valence electrons. The van der Waals surface area contributed by atoms with Gasteiger partial charge in [0, 0.05) is 62.8 Å². The van der Waals surface area contributed by atoms with Crippen LogP contribution < -0.4 is 0 Å². The van der Waals surface area contributed by atoms with Gasteiger partial charge in [0.2, 0.25) is 5.91 Å². The fourth-order valence-corrected chi connectivity index (χ4v) is 4.75. The highest BCUT2D eigenvalue weighted by Gasteiger charge is 2.25. The number of Topliss-reactive ketones (excluding diaryl/α,β-unsaturated/α-hetero) is 1. The summed E-state index contributed by atoms with van der Waals surface area (Å²) in [4.78, 5) is 31.8. The first kappa shape index (κ1) is 22.7. The van der Waals surface area contributed by atoms with Crippen LogP contribution in [0.5, 0.6) is 0 Å². The van der Waals surface area contributed by atoms with E-state index in [2.05, 4.69) is 14.4 Å². The summed E-state index contributed by atoms with van der Waals surface area (Å²) in [6, 6.07) is 8.46. The van der Waals surface area contributed by atoms with Gasteiger partial charge in [-0.1, -0.05) is 12.1 Å². The minimum atomic E-state index is -0.244. The van der Waals surface area contributed by atoms with Crippen LogP contribution in [0.25, 0.3) is 0 Å². The Balaban J connectivity index is 1.30. The number of piperazine rings is 1. The van der Waals surface area contributed by atoms with Crippen molar-refractivity contribution in [3.05, 3.63) is 58.7 Å². The van der Waals surface area contributed by atoms with E-state index < -0.39 is 0 Å². The average molecular weight is 441 g/mol. The normalized spacial score (nSPS) is 17.8. The molecule has 32 heavy (non-hydrogen) atoms. The lowest BCUT2D eigenvalue weighted by Crippen LogP contribution is -2.50. The molecule has 0 radical (unpaired) electrons. The molecule has 1 aromatic carbocycles. The van der Waals surface area contributed by atoms with Crippen molar-refractivity contribution in [1.82, 2.24) is 19.3 Å². The molecule has 2 aliphatic heterocycles. The monoisotopic (exact) mass is 440 g/mol. The van der Waals surface area contributed by atoms with Gasteiger partial charge in [-0.3, -0.25) is 19.4 Å². The largest absolute Gasteiger partial charge is 0.344 e. The number of rotatable bonds is 7. The van der Waals surface area contributed by atoms with Gasteiger partial charge in [0.15, 0.2) is 5.78 Å². The highest BCUT2D eigenvalue weighted by atomic mass is 19.1. The Bertz CT molecular complexity index is 955. The minimum Gasteiger partial charge on any atom is -0.344 e. The summed E-state index contributed by atoms with van der Waals surface area (Å²) in [6.45, 7) is 10.5. The van der Waals surface area contributed by atoms with E-state index >= 15 is 0 Å². The summed E-state index contributed by atoms with van der Waals surface area (Å²) in [5, 5.41) is 0. The second-order valence-corrected chi connectivity index (χ2v) is 9.06. The Labute approximate surface area is 189 Å². The summed E-state index contributed by atoms with van der Waals surface area (Å²) >= 11 is 0. The molecule has 1 amide bonds. The molecule has 0 aliphatic carbocycles. The summed E-state index contributed by atoms with van der Waals surface area (Å²) in [5.74, 6) is 0.122. The third-order valence-electron chi connectivity index (χ3n) is 6.78. The molecule has 3 heterocycles. The summed E-state index contributed by atoms with van der Waals surface area (Å²) in [5.41, 5.74) is 3.75. The van der Waals surface area contributed by atoms with Crippen molar-refractivity contribution >= 4 is 11.7 Å². The molecule has 7 heteroatoms. The molecular formula is C25H33FN4O2. The summed E-state index contributed by atoms with van der Waals surface area (Å²) in [6.07, 6.45) is 2.23. The lowest BCUT2D eigenvalue weighted by molar-refractivity contribution is -0.131. The van der Waals surface area contributed by atoms with Crippen molar-refractivity contribution in [2.75, 3.05) is 52.4 Å². The highest BCUT2D eigenvalue weighted by Crippen LogP contribution is 2.19. The number of carbonyl (C=O) groups excluding carboxylic acids is 2. The molecule has 0 saturated carbocycles. The van der Waals surface area contributed by atoms with E-state index in [1.165, 1.54) is 12.1 Å². The maximum atomic E-state index is 13.2. The number of aryl methyl sites for hydroxylation is 1. The number of hydrogen-bond donors (Lipinski definition) is 0. The fraction of sp³-hybridized carbons (Fsp3) is 0.520. The molecule has 4 rings (SSSR count). The van der Waals surface area contributed by atoms with Crippen LogP contribution in [-0.2, 0) is 11.3 Å². The van der Waals surface area contributed by atoms with Gasteiger partial charge in [-0.2, -0.15) is 0 Å². The SMILES string of the molecule is Cc1cc(C(=O)CN2CCN(CC(=O)N3CCCC3)CC2)c(C)n1Cc1ccc(F)cc1. The Morgan fingerprint density at radius 1 is 0.875 bits per heavy atom. The Hall–Kier alpha value is -2.51. The van der Waals surface area contributed by atoms with Crippen LogP contribution in [0.4, 0.5) is 4.39 Å². The first-order valence-electron chi connectivity index (χ1n) is 11.6. The molecule has 0 unspecified atom stereocenters. The molecule has 6 nitrogen and oxygen atoms in total. The Morgan fingerprint density at radius 3 is 2.09 bits per heavy atom. The number of aromatic nitrogens is 1. The Morgan fingerprint density at radius 2 is 1.47 bits per heavy atom. The first-order valence-corrected chi connectivity index (χ1v) is 11.6. The average Bonchev–Trinajstić information content (AvgIpc) is 3.41. The summed E-state index contributed by atoms with van der Waals surface area (Å²) < 4.78 is 15.3. The summed E-state index contributed by atoms with van der Waals surface area (Å²) in [7, 11) is 0. The first-order chi connectivity index (χ1) is 15.4. The van der Waals surface area contributed by atoms with E-state index in [1.807, 2.05) is 24.8 Å². The smallest absolute Gasteiger partial charge is 0.236 e. The number of nitrogens with zero attached hydrogens (tertiary/aromatic N) is 4. The Kier molecular flexibility index (Phi) is 7.06. The van der Waals surface area contributed by atoms with Gasteiger partial charge in [-0.25, -0.2) is 4.39 Å². The van der Waals surface area contributed by atoms with E-state index in [-0.39, 0.29) is 17.5 Å². The number of benzene rings is 1. The highest BCUT2D eigenvalue weighted by molar-refractivity contribution is 5.99. The van der Waals surface area contributed by atoms with E-state index in [1.54, 1.807) is 12.1 Å². The number of hydrogen-bond acceptors (Lipinski definition) is 4. The van der Waals surface area contributed by atoms with Gasteiger partial charge >= 0.3 is 0 Å². The number of halogens is 1. The predicted octanol–water partition coefficient (Wildman–Crippen LogP) is 2.72. The van der Waals surface area contributed by atoms with E-state index in [4.69, 9.17) is 0 Å². The van der Waals surface area contributed by atoms with Gasteiger partial charge in [0.05, 0.1) is 13.1 Å². The second-order valence-electron chi connectivity index (χ2n) is 9.06. The van der Waals surface area contributed by atoms with E-state index in [9.17, 15) is 14.0 Å². The van der Waals surface area contributed by atoms with Crippen molar-refractivity contribution in [3.8, 4) is 0 Å². The molecule has 2 fully saturated rings. The lowest BCUT2D eigenvalue weighted by Gasteiger charge is -2.34. The van der Waals surface area contributed by atoms with Crippen LogP contribution in [0.15, 0.2) is 30.3 Å². The van der Waals surface area contributed by atoms with Crippen LogP contribution in [-0.4, -0.2) is 83.3 Å². The number of likely N-dealkylation sites (tertiary alicyclic amines) is 1. The van der Waals surface area contributed by atoms with Crippen molar-refractivity contribution in [2.24, 2.45) is 0 Å². The van der Waals surface area contributed by atoms with Gasteiger partial charge in [-0.05, 0) is 50.5 Å². The van der Waals surface area contributed by atoms with Gasteiger partial charge in [0.1, 0.15) is 5.82 Å². The van der Waals surface area contributed by atoms with Crippen LogP contribution in [0.3, 0.4) is 0 Å². The van der Waals surface area contributed by atoms with E-state index in [0.29, 0.717) is 19.6 Å². The quantitative estimate of drug-likeness (QED) is 0.622. The standard InChI is InChI=1S/C25H33FN4O2/c1-19-15-23(20(2)30(19)16-21-5-7-22(26)8-6-21)24(31)17-27-11-13-28(14-12-27)18-25(32)29-9-3-4-10-29/h5-8,15H,3-4,9-14,16-18H2,1-2H3. The van der Waals surface area contributed by atoms with Crippen molar-refractivity contribution in [2.45, 2.75) is 33.2 Å². The molecule has 0 spiro atoms. The van der Waals surface area contributed by atoms with Crippen LogP contribution in [0, 0.1) is 19.7 Å². The lowest BCUT2D eigenvalue weighted by atomic mass is 10.1. The van der Waals surface area contributed by atoms with Crippen molar-refractivity contribution in [3.63, 3.8) is 0 Å². The molecule has 2 aromatic rings. The van der Waals surface area contributed by atoms with Gasteiger partial charge < -0.3 is 9.47 Å². The topological polar surface area (TPSA) is 48.8 Å². The molecule has 2 saturated heterocycles. The van der Waals surface area contributed by atoms with Crippen LogP contribution in [0.2, 0.25) is 0 Å². The number of amides is 1. The number of ketones is 1. The number of carbonyl (C=O) groups is 2. The zero-order valence-corrected chi connectivity index (χ0v) is 19.1. The molecule has 0 atom stereocenters. The van der Waals surface area contributed by atoms with Crippen LogP contribution in [0.1, 0.15) is 40.2 Å². The maximum Gasteiger partial charge on any atom is 0.236 e. The van der Waals surface area contributed by atoms with Crippen LogP contribution >= 0.6 is 0 Å². The van der Waals surface area contributed by atoms with E-state index in [0.717, 1.165) is 74.6 Å². The third kappa shape index (κ3) is 5.27. The van der Waals surface area contributed by atoms with Gasteiger partial charge in [0.25, 0.3) is 0 Å². The zero-order chi connectivity index (χ0) is 22.7. The van der Waals surface area contributed by atoms with Gasteiger partial charge in [-0.15, -0.1) is 0 Å². The predicted molar refractivity (Wildman–Crippen MR) is 122 cm³/mol. The maximum absolute atomic E-state index is 13.2. The van der Waals surface area contributed by atoms with Crippen molar-refractivity contribution in [1.29, 1.82) is 0 Å². The fourth-order valence-electron chi connectivity index (χ4n) is 4.75. The molecule has 0 N–H and O–H groups in total. The zero-order valence-electron chi connectivity index (χ0n) is 19.1. The minimum absolute atomic E-state index is 0.130. The molecule has 0 bridgehead atoms. The third-order valence-corrected chi connectivity index (χ3v) is 6.78. The molecule has 1 aromatic heterocycles.